The number of unbranched alkanes of at least 4 members (excludes halogenated alkanes) is 1. The van der Waals surface area contributed by atoms with E-state index in [0.717, 1.165) is 44.3 Å². The van der Waals surface area contributed by atoms with Gasteiger partial charge in [0.05, 0.1) is 32.8 Å². The molecule has 0 bridgehead atoms. The van der Waals surface area contributed by atoms with Crippen molar-refractivity contribution in [1.82, 2.24) is 5.32 Å². The Balaban J connectivity index is 1.80. The van der Waals surface area contributed by atoms with Crippen molar-refractivity contribution in [2.45, 2.75) is 44.9 Å². The van der Waals surface area contributed by atoms with E-state index in [2.05, 4.69) is 30.0 Å². The minimum absolute atomic E-state index is 0.0900. The molecular weight excluding hydrogens is 444 g/mol. The van der Waals surface area contributed by atoms with Crippen molar-refractivity contribution >= 4 is 5.97 Å². The number of carbonyl (C=O) groups excluding carboxylic acids is 1. The molecule has 7 nitrogen and oxygen atoms in total. The Kier molecular flexibility index (Phi) is 11.4. The molecule has 1 N–H and O–H groups in total. The second-order valence-electron chi connectivity index (χ2n) is 8.77. The average Bonchev–Trinajstić information content (AvgIpc) is 2.89. The fourth-order valence-corrected chi connectivity index (χ4v) is 4.09. The molecule has 0 fully saturated rings. The average molecular weight is 483 g/mol. The van der Waals surface area contributed by atoms with Crippen LogP contribution < -0.4 is 19.5 Å². The summed E-state index contributed by atoms with van der Waals surface area (Å²) in [5, 5.41) is 13.7. The molecule has 0 saturated carbocycles. The predicted molar refractivity (Wildman–Crippen MR) is 136 cm³/mol. The first-order valence-electron chi connectivity index (χ1n) is 12.0. The summed E-state index contributed by atoms with van der Waals surface area (Å²) in [5.41, 5.74) is 1.59. The van der Waals surface area contributed by atoms with Crippen LogP contribution >= 0.6 is 0 Å². The van der Waals surface area contributed by atoms with Crippen molar-refractivity contribution in [3.05, 3.63) is 53.6 Å². The first-order chi connectivity index (χ1) is 16.9. The maximum Gasteiger partial charge on any atom is 0.343 e. The van der Waals surface area contributed by atoms with Crippen molar-refractivity contribution in [3.63, 3.8) is 0 Å². The van der Waals surface area contributed by atoms with Gasteiger partial charge >= 0.3 is 5.97 Å². The summed E-state index contributed by atoms with van der Waals surface area (Å²) in [6.45, 7) is 5.87. The van der Waals surface area contributed by atoms with Crippen molar-refractivity contribution in [2.75, 3.05) is 41.0 Å². The summed E-state index contributed by atoms with van der Waals surface area (Å²) in [5.74, 6) is 1.72. The van der Waals surface area contributed by atoms with E-state index in [9.17, 15) is 10.1 Å². The third kappa shape index (κ3) is 7.90. The number of benzene rings is 2. The van der Waals surface area contributed by atoms with Crippen molar-refractivity contribution in [3.8, 4) is 23.3 Å². The second-order valence-corrected chi connectivity index (χ2v) is 8.77. The largest absolute Gasteiger partial charge is 0.493 e. The van der Waals surface area contributed by atoms with Gasteiger partial charge in [0.1, 0.15) is 5.75 Å². The van der Waals surface area contributed by atoms with E-state index in [1.807, 2.05) is 42.5 Å². The zero-order chi connectivity index (χ0) is 25.7. The van der Waals surface area contributed by atoms with Crippen LogP contribution in [-0.4, -0.2) is 47.0 Å². The summed E-state index contributed by atoms with van der Waals surface area (Å²) < 4.78 is 20.8. The summed E-state index contributed by atoms with van der Waals surface area (Å²) in [4.78, 5) is 11.1. The molecule has 2 aromatic carbocycles. The number of nitrogens with zero attached hydrogens (tertiary/aromatic N) is 1. The first-order valence-corrected chi connectivity index (χ1v) is 12.0. The Morgan fingerprint density at radius 3 is 2.31 bits per heavy atom. The smallest absolute Gasteiger partial charge is 0.343 e. The molecule has 0 spiro atoms. The lowest BCUT2D eigenvalue weighted by atomic mass is 9.69. The number of ether oxygens (including phenoxy) is 4. The minimum Gasteiger partial charge on any atom is -0.493 e. The normalized spacial score (nSPS) is 12.5. The second kappa shape index (κ2) is 14.2. The van der Waals surface area contributed by atoms with Crippen LogP contribution in [0.15, 0.2) is 42.5 Å². The fourth-order valence-electron chi connectivity index (χ4n) is 4.09. The zero-order valence-electron chi connectivity index (χ0n) is 21.6. The molecular formula is C28H38N2O5. The van der Waals surface area contributed by atoms with Crippen LogP contribution in [0.5, 0.6) is 17.2 Å². The number of hydrogen-bond acceptors (Lipinski definition) is 7. The summed E-state index contributed by atoms with van der Waals surface area (Å²) >= 11 is 0. The SMILES string of the molecule is COC(=O)COc1ccc(CCNCCCCC(C#N)(c2ccc(OC)c(OC)c2)C(C)C)cc1. The molecule has 0 aliphatic carbocycles. The Labute approximate surface area is 209 Å². The molecule has 2 aromatic rings. The van der Waals surface area contributed by atoms with Gasteiger partial charge in [-0.3, -0.25) is 0 Å². The predicted octanol–water partition coefficient (Wildman–Crippen LogP) is 4.68. The van der Waals surface area contributed by atoms with Gasteiger partial charge < -0.3 is 24.3 Å². The van der Waals surface area contributed by atoms with E-state index >= 15 is 0 Å². The third-order valence-corrected chi connectivity index (χ3v) is 6.36. The van der Waals surface area contributed by atoms with E-state index in [4.69, 9.17) is 14.2 Å². The molecule has 0 aliphatic heterocycles. The van der Waals surface area contributed by atoms with Crippen LogP contribution in [0.4, 0.5) is 0 Å². The van der Waals surface area contributed by atoms with Gasteiger partial charge in [-0.25, -0.2) is 4.79 Å². The van der Waals surface area contributed by atoms with Gasteiger partial charge in [0, 0.05) is 0 Å². The maximum absolute atomic E-state index is 11.1. The Bertz CT molecular complexity index is 968. The molecule has 1 unspecified atom stereocenters. The van der Waals surface area contributed by atoms with E-state index in [-0.39, 0.29) is 12.5 Å². The number of hydrogen-bond donors (Lipinski definition) is 1. The summed E-state index contributed by atoms with van der Waals surface area (Å²) in [7, 11) is 4.57. The highest BCUT2D eigenvalue weighted by Crippen LogP contribution is 2.40. The first kappa shape index (κ1) is 28.0. The van der Waals surface area contributed by atoms with Gasteiger partial charge in [0.25, 0.3) is 0 Å². The van der Waals surface area contributed by atoms with E-state index in [0.29, 0.717) is 17.2 Å². The molecule has 0 amide bonds. The molecule has 0 radical (unpaired) electrons. The number of nitrogens with one attached hydrogen (secondary N) is 1. The molecule has 1 atom stereocenters. The summed E-state index contributed by atoms with van der Waals surface area (Å²) in [6, 6.07) is 16.1. The Morgan fingerprint density at radius 2 is 1.71 bits per heavy atom. The molecule has 0 saturated heterocycles. The van der Waals surface area contributed by atoms with E-state index in [1.165, 1.54) is 12.7 Å². The monoisotopic (exact) mass is 482 g/mol. The third-order valence-electron chi connectivity index (χ3n) is 6.36. The Morgan fingerprint density at radius 1 is 1.00 bits per heavy atom. The molecule has 0 heterocycles. The topological polar surface area (TPSA) is 89.8 Å². The Hall–Kier alpha value is -3.24. The van der Waals surface area contributed by atoms with Crippen LogP contribution in [0.2, 0.25) is 0 Å². The van der Waals surface area contributed by atoms with Gasteiger partial charge in [-0.1, -0.05) is 38.5 Å². The molecule has 7 heteroatoms. The molecule has 0 aromatic heterocycles. The number of methoxy groups -OCH3 is 3. The lowest BCUT2D eigenvalue weighted by Gasteiger charge is -2.32. The quantitative estimate of drug-likeness (QED) is 0.291. The maximum atomic E-state index is 11.1. The van der Waals surface area contributed by atoms with Crippen LogP contribution in [-0.2, 0) is 21.4 Å². The number of nitriles is 1. The molecule has 35 heavy (non-hydrogen) atoms. The van der Waals surface area contributed by atoms with Crippen LogP contribution in [0.3, 0.4) is 0 Å². The summed E-state index contributed by atoms with van der Waals surface area (Å²) in [6.07, 6.45) is 3.62. The van der Waals surface area contributed by atoms with Crippen molar-refractivity contribution in [2.24, 2.45) is 5.92 Å². The minimum atomic E-state index is -0.572. The molecule has 190 valence electrons. The molecule has 2 rings (SSSR count). The van der Waals surface area contributed by atoms with Crippen LogP contribution in [0.1, 0.15) is 44.2 Å². The van der Waals surface area contributed by atoms with E-state index in [1.54, 1.807) is 14.2 Å². The van der Waals surface area contributed by atoms with E-state index < -0.39 is 11.4 Å². The van der Waals surface area contributed by atoms with Crippen LogP contribution in [0.25, 0.3) is 0 Å². The highest BCUT2D eigenvalue weighted by atomic mass is 16.6. The zero-order valence-corrected chi connectivity index (χ0v) is 21.6. The van der Waals surface area contributed by atoms with Gasteiger partial charge in [-0.2, -0.15) is 5.26 Å². The lowest BCUT2D eigenvalue weighted by molar-refractivity contribution is -0.142. The fraction of sp³-hybridized carbons (Fsp3) is 0.500. The van der Waals surface area contributed by atoms with Crippen molar-refractivity contribution < 1.29 is 23.7 Å². The lowest BCUT2D eigenvalue weighted by Crippen LogP contribution is -2.31. The van der Waals surface area contributed by atoms with Gasteiger partial charge in [0.15, 0.2) is 18.1 Å². The highest BCUT2D eigenvalue weighted by Gasteiger charge is 2.36. The standard InChI is InChI=1S/C28H38N2O5/c1-21(2)28(20-29,23-10-13-25(32-3)26(18-23)33-4)15-6-7-16-30-17-14-22-8-11-24(12-9-22)35-19-27(31)34-5/h8-13,18,21,30H,6-7,14-17,19H2,1-5H3. The highest BCUT2D eigenvalue weighted by molar-refractivity contribution is 5.70. The van der Waals surface area contributed by atoms with Gasteiger partial charge in [0.2, 0.25) is 0 Å². The van der Waals surface area contributed by atoms with Crippen LogP contribution in [0, 0.1) is 17.2 Å². The number of rotatable bonds is 15. The number of carbonyl (C=O) groups is 1. The van der Waals surface area contributed by atoms with Gasteiger partial charge in [-0.15, -0.1) is 0 Å². The molecule has 0 aliphatic rings. The van der Waals surface area contributed by atoms with Crippen molar-refractivity contribution in [1.29, 1.82) is 5.26 Å². The van der Waals surface area contributed by atoms with Gasteiger partial charge in [-0.05, 0) is 73.7 Å². The number of esters is 1.